The topological polar surface area (TPSA) is 64.9 Å². The Balaban J connectivity index is 1.03. The lowest BCUT2D eigenvalue weighted by Gasteiger charge is -2.36. The van der Waals surface area contributed by atoms with Crippen molar-refractivity contribution in [3.63, 3.8) is 0 Å². The number of ether oxygens (including phenoxy) is 3. The zero-order chi connectivity index (χ0) is 24.2. The van der Waals surface area contributed by atoms with Crippen molar-refractivity contribution in [2.45, 2.75) is 18.4 Å². The van der Waals surface area contributed by atoms with Crippen LogP contribution in [0.25, 0.3) is 0 Å². The highest BCUT2D eigenvalue weighted by molar-refractivity contribution is 7.10. The van der Waals surface area contributed by atoms with E-state index in [1.807, 2.05) is 52.7 Å². The summed E-state index contributed by atoms with van der Waals surface area (Å²) in [5.41, 5.74) is 1.21. The molecule has 8 nitrogen and oxygen atoms in total. The van der Waals surface area contributed by atoms with Crippen molar-refractivity contribution >= 4 is 22.8 Å². The number of thiophene rings is 1. The smallest absolute Gasteiger partial charge is 0.223 e. The number of aromatic nitrogens is 3. The minimum absolute atomic E-state index is 0.157. The van der Waals surface area contributed by atoms with Crippen molar-refractivity contribution in [2.75, 3.05) is 49.2 Å². The van der Waals surface area contributed by atoms with Crippen LogP contribution in [0.5, 0.6) is 5.75 Å². The molecule has 0 aliphatic carbocycles. The Morgan fingerprint density at radius 1 is 0.972 bits per heavy atom. The van der Waals surface area contributed by atoms with Gasteiger partial charge in [-0.2, -0.15) is 0 Å². The van der Waals surface area contributed by atoms with Crippen LogP contribution in [0.1, 0.15) is 4.88 Å². The summed E-state index contributed by atoms with van der Waals surface area (Å²) in [5, 5.41) is 2.04. The lowest BCUT2D eigenvalue weighted by molar-refractivity contribution is -0.186. The van der Waals surface area contributed by atoms with E-state index in [0.717, 1.165) is 42.6 Å². The van der Waals surface area contributed by atoms with Crippen LogP contribution < -0.4 is 14.5 Å². The van der Waals surface area contributed by atoms with Gasteiger partial charge in [0.2, 0.25) is 5.79 Å². The predicted molar refractivity (Wildman–Crippen MR) is 140 cm³/mol. The van der Waals surface area contributed by atoms with Gasteiger partial charge < -0.3 is 28.6 Å². The first-order chi connectivity index (χ1) is 17.8. The van der Waals surface area contributed by atoms with Crippen LogP contribution in [0, 0.1) is 0 Å². The minimum Gasteiger partial charge on any atom is -0.491 e. The highest BCUT2D eigenvalue weighted by Gasteiger charge is 2.44. The molecular weight excluding hydrogens is 474 g/mol. The van der Waals surface area contributed by atoms with Gasteiger partial charge in [-0.3, -0.25) is 0 Å². The van der Waals surface area contributed by atoms with Gasteiger partial charge in [0, 0.05) is 50.5 Å². The number of nitrogens with zero attached hydrogens (tertiary/aromatic N) is 5. The fourth-order valence-electron chi connectivity index (χ4n) is 4.73. The second-order valence-corrected chi connectivity index (χ2v) is 9.93. The van der Waals surface area contributed by atoms with Gasteiger partial charge in [0.1, 0.15) is 24.3 Å². The average molecular weight is 504 g/mol. The van der Waals surface area contributed by atoms with Gasteiger partial charge in [-0.15, -0.1) is 11.3 Å². The monoisotopic (exact) mass is 503 g/mol. The van der Waals surface area contributed by atoms with Crippen LogP contribution in [0.15, 0.2) is 84.9 Å². The largest absolute Gasteiger partial charge is 0.491 e. The van der Waals surface area contributed by atoms with Crippen LogP contribution in [0.2, 0.25) is 0 Å². The molecule has 6 rings (SSSR count). The number of hydrogen-bond acceptors (Lipinski definition) is 8. The minimum atomic E-state index is -0.815. The molecule has 2 saturated heterocycles. The van der Waals surface area contributed by atoms with E-state index >= 15 is 0 Å². The molecule has 2 atom stereocenters. The Morgan fingerprint density at radius 3 is 2.56 bits per heavy atom. The van der Waals surface area contributed by atoms with E-state index in [1.165, 1.54) is 5.69 Å². The number of hydrogen-bond donors (Lipinski definition) is 0. The van der Waals surface area contributed by atoms with Crippen LogP contribution in [0.4, 0.5) is 11.5 Å². The summed E-state index contributed by atoms with van der Waals surface area (Å²) >= 11 is 1.64. The third kappa shape index (κ3) is 4.95. The van der Waals surface area contributed by atoms with Crippen LogP contribution in [-0.2, 0) is 21.8 Å². The number of piperazine rings is 1. The van der Waals surface area contributed by atoms with E-state index in [1.54, 1.807) is 23.9 Å². The highest BCUT2D eigenvalue weighted by atomic mass is 32.1. The van der Waals surface area contributed by atoms with Crippen LogP contribution in [0.3, 0.4) is 0 Å². The molecule has 36 heavy (non-hydrogen) atoms. The predicted octanol–water partition coefficient (Wildman–Crippen LogP) is 4.01. The molecule has 5 heterocycles. The maximum absolute atomic E-state index is 6.45. The lowest BCUT2D eigenvalue weighted by Crippen LogP contribution is -2.46. The van der Waals surface area contributed by atoms with Crippen molar-refractivity contribution in [1.29, 1.82) is 0 Å². The second kappa shape index (κ2) is 10.3. The number of benzene rings is 1. The summed E-state index contributed by atoms with van der Waals surface area (Å²) in [5.74, 6) is 1.06. The first kappa shape index (κ1) is 23.0. The van der Waals surface area contributed by atoms with E-state index in [4.69, 9.17) is 14.2 Å². The fraction of sp³-hybridized carbons (Fsp3) is 0.333. The molecule has 0 spiro atoms. The number of imidazole rings is 1. The molecule has 2 aliphatic heterocycles. The molecule has 3 aromatic heterocycles. The van der Waals surface area contributed by atoms with Gasteiger partial charge in [0.15, 0.2) is 0 Å². The van der Waals surface area contributed by atoms with Crippen molar-refractivity contribution in [3.8, 4) is 5.75 Å². The van der Waals surface area contributed by atoms with E-state index in [2.05, 4.69) is 44.0 Å². The fourth-order valence-corrected chi connectivity index (χ4v) is 5.54. The molecule has 0 saturated carbocycles. The van der Waals surface area contributed by atoms with E-state index in [0.29, 0.717) is 19.8 Å². The third-order valence-corrected chi connectivity index (χ3v) is 7.59. The van der Waals surface area contributed by atoms with Crippen molar-refractivity contribution < 1.29 is 14.2 Å². The van der Waals surface area contributed by atoms with Crippen LogP contribution >= 0.6 is 11.3 Å². The summed E-state index contributed by atoms with van der Waals surface area (Å²) < 4.78 is 20.8. The van der Waals surface area contributed by atoms with Crippen molar-refractivity contribution in [2.24, 2.45) is 0 Å². The summed E-state index contributed by atoms with van der Waals surface area (Å²) in [6, 6.07) is 18.5. The number of pyridine rings is 1. The molecule has 2 unspecified atom stereocenters. The van der Waals surface area contributed by atoms with Gasteiger partial charge in [-0.25, -0.2) is 9.97 Å². The Kier molecular flexibility index (Phi) is 6.59. The van der Waals surface area contributed by atoms with Gasteiger partial charge in [-0.1, -0.05) is 12.1 Å². The molecule has 0 amide bonds. The Bertz CT molecular complexity index is 1210. The molecule has 2 fully saturated rings. The molecule has 0 radical (unpaired) electrons. The molecule has 0 N–H and O–H groups in total. The zero-order valence-corrected chi connectivity index (χ0v) is 20.8. The summed E-state index contributed by atoms with van der Waals surface area (Å²) in [4.78, 5) is 14.4. The first-order valence-corrected chi connectivity index (χ1v) is 13.1. The van der Waals surface area contributed by atoms with E-state index < -0.39 is 5.79 Å². The van der Waals surface area contributed by atoms with Crippen LogP contribution in [-0.4, -0.2) is 60.0 Å². The molecule has 186 valence electrons. The van der Waals surface area contributed by atoms with E-state index in [9.17, 15) is 0 Å². The van der Waals surface area contributed by atoms with Crippen molar-refractivity contribution in [1.82, 2.24) is 14.5 Å². The quantitative estimate of drug-likeness (QED) is 0.360. The van der Waals surface area contributed by atoms with Gasteiger partial charge in [0.25, 0.3) is 0 Å². The SMILES string of the molecule is c1ccc(N2CCN(c3ccc(OCC4COC(Cn5ccnc5)(c5cccs5)O4)cc3)CC2)nc1. The van der Waals surface area contributed by atoms with Gasteiger partial charge in [-0.05, 0) is 47.8 Å². The number of rotatable bonds is 8. The second-order valence-electron chi connectivity index (χ2n) is 8.98. The molecule has 9 heteroatoms. The molecule has 1 aromatic carbocycles. The summed E-state index contributed by atoms with van der Waals surface area (Å²) in [7, 11) is 0. The molecule has 4 aromatic rings. The molecular formula is C27H29N5O3S. The maximum Gasteiger partial charge on any atom is 0.223 e. The number of anilines is 2. The van der Waals surface area contributed by atoms with Gasteiger partial charge in [0.05, 0.1) is 24.4 Å². The normalized spacial score (nSPS) is 22.2. The first-order valence-electron chi connectivity index (χ1n) is 12.2. The summed E-state index contributed by atoms with van der Waals surface area (Å²) in [6.07, 6.45) is 7.17. The Labute approximate surface area is 214 Å². The zero-order valence-electron chi connectivity index (χ0n) is 20.0. The highest BCUT2D eigenvalue weighted by Crippen LogP contribution is 2.38. The maximum atomic E-state index is 6.45. The van der Waals surface area contributed by atoms with Gasteiger partial charge >= 0.3 is 0 Å². The molecule has 2 aliphatic rings. The summed E-state index contributed by atoms with van der Waals surface area (Å²) in [6.45, 7) is 5.30. The standard InChI is InChI=1S/C27H29N5O3S/c1-2-10-29-26(5-1)32-15-13-31(14-16-32)22-6-8-23(9-7-22)33-18-24-19-34-27(35-24,25-4-3-17-36-25)20-30-12-11-28-21-30/h1-12,17,21,24H,13-16,18-20H2. The average Bonchev–Trinajstić information content (AvgIpc) is 3.72. The van der Waals surface area contributed by atoms with E-state index in [-0.39, 0.29) is 6.10 Å². The Hall–Kier alpha value is -3.40. The molecule has 0 bridgehead atoms. The Morgan fingerprint density at radius 2 is 1.83 bits per heavy atom. The van der Waals surface area contributed by atoms with Crippen molar-refractivity contribution in [3.05, 3.63) is 89.8 Å². The third-order valence-electron chi connectivity index (χ3n) is 6.60. The lowest BCUT2D eigenvalue weighted by atomic mass is 10.2.